The van der Waals surface area contributed by atoms with Gasteiger partial charge in [-0.05, 0) is 19.1 Å². The van der Waals surface area contributed by atoms with Gasteiger partial charge in [0.2, 0.25) is 0 Å². The minimum Gasteiger partial charge on any atom is -0.307 e. The van der Waals surface area contributed by atoms with Gasteiger partial charge in [-0.1, -0.05) is 12.1 Å². The third-order valence-corrected chi connectivity index (χ3v) is 5.82. The van der Waals surface area contributed by atoms with E-state index in [1.807, 2.05) is 0 Å². The van der Waals surface area contributed by atoms with Crippen molar-refractivity contribution in [3.05, 3.63) is 29.3 Å². The van der Waals surface area contributed by atoms with Gasteiger partial charge in [-0.25, -0.2) is 4.98 Å². The number of aromatic nitrogens is 1. The highest BCUT2D eigenvalue weighted by Crippen LogP contribution is 2.25. The summed E-state index contributed by atoms with van der Waals surface area (Å²) in [7, 11) is 0. The third-order valence-electron chi connectivity index (χ3n) is 3.66. The van der Waals surface area contributed by atoms with Crippen LogP contribution in [0.15, 0.2) is 24.3 Å². The number of fused-ring (bicyclic) bond motifs is 1. The summed E-state index contributed by atoms with van der Waals surface area (Å²) in [5.74, 6) is 2.57. The summed E-state index contributed by atoms with van der Waals surface area (Å²) < 4.78 is 1.28. The Bertz CT molecular complexity index is 516. The van der Waals surface area contributed by atoms with Crippen molar-refractivity contribution >= 4 is 33.3 Å². The minimum absolute atomic E-state index is 0.339. The molecule has 3 nitrogen and oxygen atoms in total. The zero-order valence-electron chi connectivity index (χ0n) is 11.8. The first-order valence-corrected chi connectivity index (χ1v) is 9.19. The SMILES string of the molecule is CC(NCCN1CCSCC1)c1nc2ccccc2s1. The zero-order valence-corrected chi connectivity index (χ0v) is 13.5. The second-order valence-electron chi connectivity index (χ2n) is 5.15. The van der Waals surface area contributed by atoms with Crippen LogP contribution in [0, 0.1) is 0 Å². The smallest absolute Gasteiger partial charge is 0.111 e. The first-order chi connectivity index (χ1) is 9.83. The molecular weight excluding hydrogens is 286 g/mol. The van der Waals surface area contributed by atoms with E-state index in [0.717, 1.165) is 18.6 Å². The third kappa shape index (κ3) is 3.52. The molecule has 3 rings (SSSR count). The van der Waals surface area contributed by atoms with E-state index < -0.39 is 0 Å². The zero-order chi connectivity index (χ0) is 13.8. The monoisotopic (exact) mass is 307 g/mol. The molecule has 1 aromatic carbocycles. The molecule has 0 radical (unpaired) electrons. The number of thiazole rings is 1. The van der Waals surface area contributed by atoms with Crippen molar-refractivity contribution in [1.29, 1.82) is 0 Å². The lowest BCUT2D eigenvalue weighted by atomic mass is 10.3. The summed E-state index contributed by atoms with van der Waals surface area (Å²) in [4.78, 5) is 7.27. The van der Waals surface area contributed by atoms with Gasteiger partial charge in [-0.2, -0.15) is 11.8 Å². The molecule has 1 aliphatic rings. The summed E-state index contributed by atoms with van der Waals surface area (Å²) in [6.07, 6.45) is 0. The molecule has 1 aliphatic heterocycles. The van der Waals surface area contributed by atoms with Crippen LogP contribution >= 0.6 is 23.1 Å². The maximum atomic E-state index is 4.72. The van der Waals surface area contributed by atoms with Crippen LogP contribution in [-0.2, 0) is 0 Å². The number of benzene rings is 1. The van der Waals surface area contributed by atoms with Gasteiger partial charge in [0, 0.05) is 37.7 Å². The normalized spacial score (nSPS) is 18.4. The van der Waals surface area contributed by atoms with Gasteiger partial charge in [-0.15, -0.1) is 11.3 Å². The van der Waals surface area contributed by atoms with Gasteiger partial charge in [0.05, 0.1) is 16.3 Å². The molecule has 0 bridgehead atoms. The van der Waals surface area contributed by atoms with Gasteiger partial charge < -0.3 is 10.2 Å². The lowest BCUT2D eigenvalue weighted by molar-refractivity contribution is 0.296. The average Bonchev–Trinajstić information content (AvgIpc) is 2.92. The quantitative estimate of drug-likeness (QED) is 0.919. The summed E-state index contributed by atoms with van der Waals surface area (Å²) in [6, 6.07) is 8.71. The molecule has 1 fully saturated rings. The molecule has 1 atom stereocenters. The van der Waals surface area contributed by atoms with Crippen LogP contribution in [0.1, 0.15) is 18.0 Å². The fourth-order valence-electron chi connectivity index (χ4n) is 2.43. The summed E-state index contributed by atoms with van der Waals surface area (Å²) in [5.41, 5.74) is 1.12. The molecule has 1 aromatic heterocycles. The fraction of sp³-hybridized carbons (Fsp3) is 0.533. The molecule has 0 spiro atoms. The van der Waals surface area contributed by atoms with E-state index >= 15 is 0 Å². The van der Waals surface area contributed by atoms with Gasteiger partial charge >= 0.3 is 0 Å². The van der Waals surface area contributed by atoms with Gasteiger partial charge in [-0.3, -0.25) is 0 Å². The Morgan fingerprint density at radius 2 is 2.10 bits per heavy atom. The molecule has 1 unspecified atom stereocenters. The van der Waals surface area contributed by atoms with Crippen molar-refractivity contribution in [2.45, 2.75) is 13.0 Å². The Kier molecular flexibility index (Phi) is 4.94. The number of nitrogens with one attached hydrogen (secondary N) is 1. The van der Waals surface area contributed by atoms with E-state index in [9.17, 15) is 0 Å². The standard InChI is InChI=1S/C15H21N3S2/c1-12(16-6-7-18-8-10-19-11-9-18)15-17-13-4-2-3-5-14(13)20-15/h2-5,12,16H,6-11H2,1H3. The molecule has 2 heterocycles. The van der Waals surface area contributed by atoms with Crippen LogP contribution in [0.4, 0.5) is 0 Å². The Balaban J connectivity index is 1.52. The fourth-order valence-corrected chi connectivity index (χ4v) is 4.40. The number of thioether (sulfide) groups is 1. The van der Waals surface area contributed by atoms with E-state index in [1.54, 1.807) is 11.3 Å². The second kappa shape index (κ2) is 6.89. The van der Waals surface area contributed by atoms with E-state index in [4.69, 9.17) is 4.98 Å². The largest absolute Gasteiger partial charge is 0.307 e. The van der Waals surface area contributed by atoms with Gasteiger partial charge in [0.15, 0.2) is 0 Å². The second-order valence-corrected chi connectivity index (χ2v) is 7.44. The van der Waals surface area contributed by atoms with Crippen LogP contribution in [-0.4, -0.2) is 47.6 Å². The topological polar surface area (TPSA) is 28.2 Å². The van der Waals surface area contributed by atoms with E-state index in [2.05, 4.69) is 53.2 Å². The Morgan fingerprint density at radius 3 is 2.90 bits per heavy atom. The Labute approximate surface area is 128 Å². The lowest BCUT2D eigenvalue weighted by Gasteiger charge is -2.26. The van der Waals surface area contributed by atoms with E-state index in [1.165, 1.54) is 34.3 Å². The van der Waals surface area contributed by atoms with Crippen LogP contribution < -0.4 is 5.32 Å². The van der Waals surface area contributed by atoms with Gasteiger partial charge in [0.1, 0.15) is 5.01 Å². The molecular formula is C15H21N3S2. The molecule has 5 heteroatoms. The van der Waals surface area contributed by atoms with Crippen LogP contribution in [0.3, 0.4) is 0 Å². The molecule has 1 saturated heterocycles. The number of hydrogen-bond donors (Lipinski definition) is 1. The maximum Gasteiger partial charge on any atom is 0.111 e. The van der Waals surface area contributed by atoms with Crippen molar-refractivity contribution in [3.8, 4) is 0 Å². The Morgan fingerprint density at radius 1 is 1.30 bits per heavy atom. The first kappa shape index (κ1) is 14.3. The molecule has 0 saturated carbocycles. The number of nitrogens with zero attached hydrogens (tertiary/aromatic N) is 2. The maximum absolute atomic E-state index is 4.72. The van der Waals surface area contributed by atoms with Crippen molar-refractivity contribution in [2.75, 3.05) is 37.7 Å². The van der Waals surface area contributed by atoms with Gasteiger partial charge in [0.25, 0.3) is 0 Å². The number of rotatable bonds is 5. The van der Waals surface area contributed by atoms with Crippen LogP contribution in [0.5, 0.6) is 0 Å². The minimum atomic E-state index is 0.339. The molecule has 0 aliphatic carbocycles. The first-order valence-electron chi connectivity index (χ1n) is 7.22. The van der Waals surface area contributed by atoms with Crippen LogP contribution in [0.2, 0.25) is 0 Å². The molecule has 20 heavy (non-hydrogen) atoms. The summed E-state index contributed by atoms with van der Waals surface area (Å²) in [5, 5.41) is 4.80. The molecule has 2 aromatic rings. The molecule has 1 N–H and O–H groups in total. The summed E-state index contributed by atoms with van der Waals surface area (Å²) >= 11 is 3.87. The van der Waals surface area contributed by atoms with Crippen molar-refractivity contribution in [1.82, 2.24) is 15.2 Å². The lowest BCUT2D eigenvalue weighted by Crippen LogP contribution is -2.38. The van der Waals surface area contributed by atoms with E-state index in [0.29, 0.717) is 6.04 Å². The molecule has 0 amide bonds. The predicted octanol–water partition coefficient (Wildman–Crippen LogP) is 3.00. The predicted molar refractivity (Wildman–Crippen MR) is 89.8 cm³/mol. The highest BCUT2D eigenvalue weighted by Gasteiger charge is 2.13. The summed E-state index contributed by atoms with van der Waals surface area (Å²) in [6.45, 7) is 6.88. The number of hydrogen-bond acceptors (Lipinski definition) is 5. The number of para-hydroxylation sites is 1. The van der Waals surface area contributed by atoms with Crippen molar-refractivity contribution < 1.29 is 0 Å². The van der Waals surface area contributed by atoms with Crippen molar-refractivity contribution in [3.63, 3.8) is 0 Å². The van der Waals surface area contributed by atoms with Crippen molar-refractivity contribution in [2.24, 2.45) is 0 Å². The average molecular weight is 307 g/mol. The van der Waals surface area contributed by atoms with E-state index in [-0.39, 0.29) is 0 Å². The van der Waals surface area contributed by atoms with Crippen LogP contribution in [0.25, 0.3) is 10.2 Å². The Hall–Kier alpha value is -0.620. The highest BCUT2D eigenvalue weighted by molar-refractivity contribution is 7.99. The highest BCUT2D eigenvalue weighted by atomic mass is 32.2. The molecule has 108 valence electrons.